The summed E-state index contributed by atoms with van der Waals surface area (Å²) in [6.45, 7) is -0.637. The van der Waals surface area contributed by atoms with Crippen LogP contribution in [-0.4, -0.2) is 24.4 Å². The second-order valence-corrected chi connectivity index (χ2v) is 4.95. The van der Waals surface area contributed by atoms with Crippen molar-refractivity contribution in [2.24, 2.45) is 0 Å². The normalized spacial score (nSPS) is 9.92. The van der Waals surface area contributed by atoms with E-state index in [4.69, 9.17) is 16.3 Å². The number of amides is 2. The first-order valence-electron chi connectivity index (χ1n) is 6.74. The Bertz CT molecular complexity index is 719. The predicted octanol–water partition coefficient (Wildman–Crippen LogP) is 2.10. The van der Waals surface area contributed by atoms with Gasteiger partial charge in [-0.3, -0.25) is 20.4 Å². The Kier molecular flexibility index (Phi) is 5.86. The van der Waals surface area contributed by atoms with Crippen molar-refractivity contribution in [1.29, 1.82) is 0 Å². The second kappa shape index (κ2) is 8.07. The highest BCUT2D eigenvalue weighted by molar-refractivity contribution is 6.33. The molecular formula is C16H12ClFN2O4. The Morgan fingerprint density at radius 3 is 2.25 bits per heavy atom. The minimum absolute atomic E-state index is 0.113. The smallest absolute Gasteiger partial charge is 0.340 e. The molecule has 0 atom stereocenters. The van der Waals surface area contributed by atoms with Crippen molar-refractivity contribution in [3.05, 3.63) is 70.5 Å². The Balaban J connectivity index is 1.82. The second-order valence-electron chi connectivity index (χ2n) is 4.54. The monoisotopic (exact) mass is 350 g/mol. The predicted molar refractivity (Wildman–Crippen MR) is 83.7 cm³/mol. The summed E-state index contributed by atoms with van der Waals surface area (Å²) in [5, 5.41) is 0.191. The Labute approximate surface area is 141 Å². The zero-order valence-electron chi connectivity index (χ0n) is 12.2. The average Bonchev–Trinajstić information content (AvgIpc) is 2.58. The lowest BCUT2D eigenvalue weighted by molar-refractivity contribution is -0.125. The average molecular weight is 351 g/mol. The molecule has 0 unspecified atom stereocenters. The fraction of sp³-hybridized carbons (Fsp3) is 0.0625. The van der Waals surface area contributed by atoms with Gasteiger partial charge in [0.15, 0.2) is 6.61 Å². The molecule has 0 aromatic heterocycles. The van der Waals surface area contributed by atoms with Crippen LogP contribution in [0.1, 0.15) is 20.7 Å². The topological polar surface area (TPSA) is 84.5 Å². The van der Waals surface area contributed by atoms with Crippen LogP contribution in [0.15, 0.2) is 48.5 Å². The number of halogens is 2. The molecule has 2 N–H and O–H groups in total. The standard InChI is InChI=1S/C16H12ClFN2O4/c17-12-7-3-1-5-10(12)16(23)24-9-14(21)19-20-15(22)11-6-2-4-8-13(11)18/h1-8H,9H2,(H,19,21)(H,20,22). The largest absolute Gasteiger partial charge is 0.452 e. The number of hydrazine groups is 1. The summed E-state index contributed by atoms with van der Waals surface area (Å²) in [4.78, 5) is 35.0. The number of carbonyl (C=O) groups is 3. The van der Waals surface area contributed by atoms with Gasteiger partial charge in [0.05, 0.1) is 16.1 Å². The van der Waals surface area contributed by atoms with Crippen LogP contribution in [-0.2, 0) is 9.53 Å². The fourth-order valence-corrected chi connectivity index (χ4v) is 1.92. The highest BCUT2D eigenvalue weighted by Crippen LogP contribution is 2.15. The molecule has 0 heterocycles. The van der Waals surface area contributed by atoms with E-state index in [1.165, 1.54) is 30.3 Å². The molecule has 0 spiro atoms. The number of carbonyl (C=O) groups excluding carboxylic acids is 3. The number of hydrogen-bond donors (Lipinski definition) is 2. The lowest BCUT2D eigenvalue weighted by atomic mass is 10.2. The Morgan fingerprint density at radius 2 is 1.58 bits per heavy atom. The van der Waals surface area contributed by atoms with Crippen LogP contribution in [0.5, 0.6) is 0 Å². The zero-order chi connectivity index (χ0) is 17.5. The zero-order valence-corrected chi connectivity index (χ0v) is 13.0. The summed E-state index contributed by atoms with van der Waals surface area (Å²) in [6, 6.07) is 11.5. The van der Waals surface area contributed by atoms with Gasteiger partial charge in [-0.25, -0.2) is 9.18 Å². The summed E-state index contributed by atoms with van der Waals surface area (Å²) in [5.74, 6) is -3.13. The van der Waals surface area contributed by atoms with E-state index in [1.54, 1.807) is 12.1 Å². The highest BCUT2D eigenvalue weighted by atomic mass is 35.5. The van der Waals surface area contributed by atoms with Crippen LogP contribution >= 0.6 is 11.6 Å². The quantitative estimate of drug-likeness (QED) is 0.653. The maximum Gasteiger partial charge on any atom is 0.340 e. The highest BCUT2D eigenvalue weighted by Gasteiger charge is 2.14. The molecule has 24 heavy (non-hydrogen) atoms. The molecule has 2 aromatic carbocycles. The van der Waals surface area contributed by atoms with Gasteiger partial charge in [0.2, 0.25) is 0 Å². The molecule has 0 aliphatic heterocycles. The minimum atomic E-state index is -0.834. The number of nitrogens with one attached hydrogen (secondary N) is 2. The maximum absolute atomic E-state index is 13.4. The van der Waals surface area contributed by atoms with E-state index in [-0.39, 0.29) is 16.1 Å². The summed E-state index contributed by atoms with van der Waals surface area (Å²) < 4.78 is 18.2. The van der Waals surface area contributed by atoms with E-state index >= 15 is 0 Å². The van der Waals surface area contributed by atoms with Gasteiger partial charge in [0, 0.05) is 0 Å². The van der Waals surface area contributed by atoms with Crippen LogP contribution in [0.4, 0.5) is 4.39 Å². The van der Waals surface area contributed by atoms with Crippen LogP contribution in [0.2, 0.25) is 5.02 Å². The van der Waals surface area contributed by atoms with Crippen molar-refractivity contribution >= 4 is 29.4 Å². The van der Waals surface area contributed by atoms with Gasteiger partial charge in [-0.15, -0.1) is 0 Å². The van der Waals surface area contributed by atoms with Gasteiger partial charge in [0.1, 0.15) is 5.82 Å². The summed E-state index contributed by atoms with van der Waals surface area (Å²) in [6.07, 6.45) is 0. The van der Waals surface area contributed by atoms with Crippen molar-refractivity contribution in [1.82, 2.24) is 10.9 Å². The lowest BCUT2D eigenvalue weighted by Crippen LogP contribution is -2.43. The van der Waals surface area contributed by atoms with Crippen molar-refractivity contribution in [3.63, 3.8) is 0 Å². The van der Waals surface area contributed by atoms with E-state index in [9.17, 15) is 18.8 Å². The number of benzene rings is 2. The van der Waals surface area contributed by atoms with E-state index in [0.717, 1.165) is 6.07 Å². The van der Waals surface area contributed by atoms with Gasteiger partial charge in [-0.1, -0.05) is 35.9 Å². The SMILES string of the molecule is O=C(COC(=O)c1ccccc1Cl)NNC(=O)c1ccccc1F. The van der Waals surface area contributed by atoms with Gasteiger partial charge < -0.3 is 4.74 Å². The van der Waals surface area contributed by atoms with Crippen molar-refractivity contribution in [2.75, 3.05) is 6.61 Å². The van der Waals surface area contributed by atoms with Crippen LogP contribution < -0.4 is 10.9 Å². The number of ether oxygens (including phenoxy) is 1. The van der Waals surface area contributed by atoms with Gasteiger partial charge in [-0.05, 0) is 24.3 Å². The molecule has 0 aliphatic rings. The molecule has 0 aliphatic carbocycles. The first kappa shape index (κ1) is 17.4. The Morgan fingerprint density at radius 1 is 0.958 bits per heavy atom. The number of rotatable bonds is 4. The molecular weight excluding hydrogens is 339 g/mol. The minimum Gasteiger partial charge on any atom is -0.452 e. The van der Waals surface area contributed by atoms with Crippen molar-refractivity contribution < 1.29 is 23.5 Å². The van der Waals surface area contributed by atoms with Crippen LogP contribution in [0, 0.1) is 5.82 Å². The van der Waals surface area contributed by atoms with E-state index < -0.39 is 30.2 Å². The maximum atomic E-state index is 13.4. The molecule has 0 saturated heterocycles. The molecule has 2 aromatic rings. The van der Waals surface area contributed by atoms with E-state index in [1.807, 2.05) is 10.9 Å². The third-order valence-corrected chi connectivity index (χ3v) is 3.19. The summed E-state index contributed by atoms with van der Waals surface area (Å²) >= 11 is 5.83. The molecule has 0 bridgehead atoms. The van der Waals surface area contributed by atoms with Gasteiger partial charge >= 0.3 is 5.97 Å². The van der Waals surface area contributed by atoms with Crippen LogP contribution in [0.25, 0.3) is 0 Å². The van der Waals surface area contributed by atoms with E-state index in [2.05, 4.69) is 0 Å². The molecule has 2 rings (SSSR count). The Hall–Kier alpha value is -2.93. The number of hydrogen-bond acceptors (Lipinski definition) is 4. The molecule has 124 valence electrons. The molecule has 0 saturated carbocycles. The number of esters is 1. The van der Waals surface area contributed by atoms with Gasteiger partial charge in [-0.2, -0.15) is 0 Å². The third kappa shape index (κ3) is 4.53. The van der Waals surface area contributed by atoms with Crippen LogP contribution in [0.3, 0.4) is 0 Å². The van der Waals surface area contributed by atoms with Crippen molar-refractivity contribution in [2.45, 2.75) is 0 Å². The van der Waals surface area contributed by atoms with Crippen molar-refractivity contribution in [3.8, 4) is 0 Å². The van der Waals surface area contributed by atoms with Gasteiger partial charge in [0.25, 0.3) is 11.8 Å². The summed E-state index contributed by atoms with van der Waals surface area (Å²) in [7, 11) is 0. The first-order chi connectivity index (χ1) is 11.5. The third-order valence-electron chi connectivity index (χ3n) is 2.86. The molecule has 0 radical (unpaired) electrons. The lowest BCUT2D eigenvalue weighted by Gasteiger charge is -2.09. The summed E-state index contributed by atoms with van der Waals surface area (Å²) in [5.41, 5.74) is 3.92. The molecule has 2 amide bonds. The molecule has 6 nitrogen and oxygen atoms in total. The molecule has 8 heteroatoms. The molecule has 0 fully saturated rings. The first-order valence-corrected chi connectivity index (χ1v) is 7.12. The fourth-order valence-electron chi connectivity index (χ4n) is 1.71. The van der Waals surface area contributed by atoms with E-state index in [0.29, 0.717) is 0 Å².